The highest BCUT2D eigenvalue weighted by atomic mass is 15.3. The maximum Gasteiger partial charge on any atom is 0.293 e. The molecule has 4 nitrogen and oxygen atoms in total. The van der Waals surface area contributed by atoms with Gasteiger partial charge >= 0.3 is 0 Å². The summed E-state index contributed by atoms with van der Waals surface area (Å²) in [5.74, 6) is 1.27. The van der Waals surface area contributed by atoms with E-state index in [1.165, 1.54) is 28.1 Å². The molecule has 4 aromatic rings. The predicted octanol–water partition coefficient (Wildman–Crippen LogP) is 2.14. The lowest BCUT2D eigenvalue weighted by Crippen LogP contribution is -2.32. The van der Waals surface area contributed by atoms with Crippen LogP contribution >= 0.6 is 0 Å². The van der Waals surface area contributed by atoms with Crippen molar-refractivity contribution < 1.29 is 4.57 Å². The zero-order valence-corrected chi connectivity index (χ0v) is 11.1. The summed E-state index contributed by atoms with van der Waals surface area (Å²) in [5, 5.41) is 4.51. The van der Waals surface area contributed by atoms with Gasteiger partial charge in [-0.25, -0.2) is 4.57 Å². The van der Waals surface area contributed by atoms with E-state index in [1.54, 1.807) is 0 Å². The Morgan fingerprint density at radius 3 is 3.00 bits per heavy atom. The summed E-state index contributed by atoms with van der Waals surface area (Å²) in [6.07, 6.45) is 1.84. The monoisotopic (exact) mass is 261 g/mol. The average Bonchev–Trinajstić information content (AvgIpc) is 3.10. The zero-order valence-electron chi connectivity index (χ0n) is 11.1. The summed E-state index contributed by atoms with van der Waals surface area (Å²) in [6, 6.07) is 14.9. The fourth-order valence-electron chi connectivity index (χ4n) is 3.40. The Bertz CT molecular complexity index is 990. The third kappa shape index (κ3) is 1.04. The molecule has 1 aliphatic heterocycles. The van der Waals surface area contributed by atoms with Crippen LogP contribution in [-0.2, 0) is 13.6 Å². The molecular weight excluding hydrogens is 248 g/mol. The lowest BCUT2D eigenvalue weighted by atomic mass is 10.1. The van der Waals surface area contributed by atoms with Gasteiger partial charge < -0.3 is 0 Å². The van der Waals surface area contributed by atoms with E-state index in [0.717, 1.165) is 12.1 Å². The van der Waals surface area contributed by atoms with Gasteiger partial charge in [0.2, 0.25) is 5.82 Å². The number of hydrogen-bond acceptors (Lipinski definition) is 1. The highest BCUT2D eigenvalue weighted by Crippen LogP contribution is 2.31. The second-order valence-electron chi connectivity index (χ2n) is 5.34. The minimum atomic E-state index is 0.922. The molecule has 4 heterocycles. The minimum absolute atomic E-state index is 0.922. The second kappa shape index (κ2) is 3.28. The van der Waals surface area contributed by atoms with Crippen molar-refractivity contribution in [1.29, 1.82) is 0 Å². The van der Waals surface area contributed by atoms with Gasteiger partial charge in [0.1, 0.15) is 5.52 Å². The highest BCUT2D eigenvalue weighted by Gasteiger charge is 2.32. The van der Waals surface area contributed by atoms with E-state index in [4.69, 9.17) is 0 Å². The van der Waals surface area contributed by atoms with Crippen LogP contribution in [0.4, 0.5) is 0 Å². The van der Waals surface area contributed by atoms with Crippen molar-refractivity contribution in [2.24, 2.45) is 7.05 Å². The summed E-state index contributed by atoms with van der Waals surface area (Å²) in [4.78, 5) is 0. The van der Waals surface area contributed by atoms with Crippen LogP contribution in [0.2, 0.25) is 0 Å². The number of aryl methyl sites for hydroxylation is 1. The Labute approximate surface area is 115 Å². The fourth-order valence-corrected chi connectivity index (χ4v) is 3.40. The number of aromatic nitrogens is 4. The van der Waals surface area contributed by atoms with Gasteiger partial charge in [-0.15, -0.1) is 9.61 Å². The lowest BCUT2D eigenvalue weighted by Gasteiger charge is -1.96. The van der Waals surface area contributed by atoms with Crippen LogP contribution in [0.1, 0.15) is 5.56 Å². The van der Waals surface area contributed by atoms with Crippen LogP contribution in [0.5, 0.6) is 0 Å². The Balaban J connectivity index is 1.99. The van der Waals surface area contributed by atoms with Crippen LogP contribution in [-0.4, -0.2) is 14.2 Å². The van der Waals surface area contributed by atoms with Crippen molar-refractivity contribution in [3.05, 3.63) is 54.2 Å². The second-order valence-corrected chi connectivity index (χ2v) is 5.34. The third-order valence-corrected chi connectivity index (χ3v) is 4.27. The van der Waals surface area contributed by atoms with E-state index in [0.29, 0.717) is 0 Å². The summed E-state index contributed by atoms with van der Waals surface area (Å²) < 4.78 is 6.67. The van der Waals surface area contributed by atoms with Gasteiger partial charge in [-0.05, 0) is 18.2 Å². The number of hydrogen-bond donors (Lipinski definition) is 0. The Hall–Kier alpha value is -2.62. The van der Waals surface area contributed by atoms with Gasteiger partial charge in [-0.2, -0.15) is 0 Å². The van der Waals surface area contributed by atoms with Crippen LogP contribution < -0.4 is 4.57 Å². The Morgan fingerprint density at radius 2 is 2.05 bits per heavy atom. The van der Waals surface area contributed by atoms with Crippen molar-refractivity contribution in [3.63, 3.8) is 0 Å². The largest absolute Gasteiger partial charge is 0.293 e. The standard InChI is InChI=1S/C16H13N4/c1-18-14-9-12-6-4-8-17-20(12)16(14)19-10-11-5-2-3-7-13(11)15(18)19/h2-9H,10H2,1H3/q+1. The molecule has 5 rings (SSSR count). The van der Waals surface area contributed by atoms with Gasteiger partial charge in [0, 0.05) is 11.6 Å². The van der Waals surface area contributed by atoms with Gasteiger partial charge in [-0.3, -0.25) is 4.57 Å². The molecule has 0 saturated carbocycles. The third-order valence-electron chi connectivity index (χ3n) is 4.27. The SMILES string of the molecule is Cn1c2[n+](c3c1cc1cccnn13)Cc1ccccc1-2. The quantitative estimate of drug-likeness (QED) is 0.392. The summed E-state index contributed by atoms with van der Waals surface area (Å²) in [6.45, 7) is 0.922. The molecule has 0 radical (unpaired) electrons. The molecular formula is C16H13N4+. The average molecular weight is 261 g/mol. The van der Waals surface area contributed by atoms with Crippen molar-refractivity contribution >= 4 is 16.7 Å². The summed E-state index contributed by atoms with van der Waals surface area (Å²) >= 11 is 0. The van der Waals surface area contributed by atoms with Crippen molar-refractivity contribution in [3.8, 4) is 11.4 Å². The molecule has 20 heavy (non-hydrogen) atoms. The van der Waals surface area contributed by atoms with Gasteiger partial charge in [-0.1, -0.05) is 18.2 Å². The van der Waals surface area contributed by atoms with E-state index in [-0.39, 0.29) is 0 Å². The highest BCUT2D eigenvalue weighted by molar-refractivity contribution is 5.82. The van der Waals surface area contributed by atoms with E-state index >= 15 is 0 Å². The van der Waals surface area contributed by atoms with Gasteiger partial charge in [0.05, 0.1) is 25.4 Å². The Kier molecular flexibility index (Phi) is 1.67. The molecule has 0 fully saturated rings. The zero-order chi connectivity index (χ0) is 13.3. The number of rotatable bonds is 0. The molecule has 1 aromatic carbocycles. The predicted molar refractivity (Wildman–Crippen MR) is 76.4 cm³/mol. The minimum Gasteiger partial charge on any atom is -0.256 e. The molecule has 0 N–H and O–H groups in total. The first-order chi connectivity index (χ1) is 9.84. The fraction of sp³-hybridized carbons (Fsp3) is 0.125. The van der Waals surface area contributed by atoms with E-state index in [2.05, 4.69) is 57.7 Å². The number of nitrogens with zero attached hydrogens (tertiary/aromatic N) is 4. The normalized spacial score (nSPS) is 13.1. The number of imidazole rings is 1. The number of fused-ring (bicyclic) bond motifs is 7. The van der Waals surface area contributed by atoms with E-state index in [1.807, 2.05) is 16.8 Å². The molecule has 4 heteroatoms. The van der Waals surface area contributed by atoms with Crippen molar-refractivity contribution in [2.45, 2.75) is 6.54 Å². The maximum absolute atomic E-state index is 4.51. The molecule has 0 atom stereocenters. The first-order valence-corrected chi connectivity index (χ1v) is 6.78. The summed E-state index contributed by atoms with van der Waals surface area (Å²) in [7, 11) is 2.13. The van der Waals surface area contributed by atoms with Crippen LogP contribution in [0.3, 0.4) is 0 Å². The smallest absolute Gasteiger partial charge is 0.256 e. The molecule has 0 spiro atoms. The molecule has 0 saturated heterocycles. The molecule has 96 valence electrons. The molecule has 0 bridgehead atoms. The molecule has 0 aliphatic carbocycles. The Morgan fingerprint density at radius 1 is 1.15 bits per heavy atom. The summed E-state index contributed by atoms with van der Waals surface area (Å²) in [5.41, 5.74) is 6.25. The van der Waals surface area contributed by atoms with E-state index < -0.39 is 0 Å². The van der Waals surface area contributed by atoms with Crippen LogP contribution in [0, 0.1) is 0 Å². The van der Waals surface area contributed by atoms with Gasteiger partial charge in [0.25, 0.3) is 5.65 Å². The van der Waals surface area contributed by atoms with Crippen LogP contribution in [0.25, 0.3) is 28.1 Å². The van der Waals surface area contributed by atoms with Gasteiger partial charge in [0.15, 0.2) is 5.52 Å². The maximum atomic E-state index is 4.51. The van der Waals surface area contributed by atoms with Crippen molar-refractivity contribution in [1.82, 2.24) is 14.2 Å². The molecule has 1 aliphatic rings. The van der Waals surface area contributed by atoms with Crippen LogP contribution in [0.15, 0.2) is 48.7 Å². The molecule has 3 aromatic heterocycles. The topological polar surface area (TPSA) is 26.1 Å². The lowest BCUT2D eigenvalue weighted by molar-refractivity contribution is -0.648. The number of benzene rings is 1. The first-order valence-electron chi connectivity index (χ1n) is 6.78. The molecule has 0 unspecified atom stereocenters. The molecule has 0 amide bonds. The van der Waals surface area contributed by atoms with Crippen molar-refractivity contribution in [2.75, 3.05) is 0 Å². The van der Waals surface area contributed by atoms with E-state index in [9.17, 15) is 0 Å². The first kappa shape index (κ1) is 10.2.